The molecule has 0 spiro atoms. The predicted octanol–water partition coefficient (Wildman–Crippen LogP) is 4.06. The fourth-order valence-corrected chi connectivity index (χ4v) is 3.60. The highest BCUT2D eigenvalue weighted by Gasteiger charge is 2.10. The molecule has 1 atom stereocenters. The van der Waals surface area contributed by atoms with Crippen molar-refractivity contribution in [1.29, 1.82) is 0 Å². The number of unbranched alkanes of at least 4 members (excludes halogenated alkanes) is 1. The first-order valence-electron chi connectivity index (χ1n) is 9.44. The van der Waals surface area contributed by atoms with E-state index in [4.69, 9.17) is 12.2 Å². The summed E-state index contributed by atoms with van der Waals surface area (Å²) in [6.45, 7) is 5.22. The molecule has 0 saturated heterocycles. The highest BCUT2D eigenvalue weighted by molar-refractivity contribution is 7.80. The number of hydrogen-bond donors (Lipinski definition) is 3. The molecule has 0 aliphatic carbocycles. The number of carbonyl (C=O) groups excluding carboxylic acids is 1. The highest BCUT2D eigenvalue weighted by Crippen LogP contribution is 2.21. The van der Waals surface area contributed by atoms with Gasteiger partial charge >= 0.3 is 0 Å². The summed E-state index contributed by atoms with van der Waals surface area (Å²) < 4.78 is 0. The van der Waals surface area contributed by atoms with Gasteiger partial charge in [-0.3, -0.25) is 15.6 Å². The maximum Gasteiger partial charge on any atom is 0.245 e. The average Bonchev–Trinajstić information content (AvgIpc) is 3.15. The first-order valence-corrected chi connectivity index (χ1v) is 10.7. The van der Waals surface area contributed by atoms with E-state index in [-0.39, 0.29) is 12.3 Å². The van der Waals surface area contributed by atoms with Crippen LogP contribution >= 0.6 is 23.6 Å². The zero-order valence-corrected chi connectivity index (χ0v) is 17.6. The van der Waals surface area contributed by atoms with Gasteiger partial charge in [-0.15, -0.1) is 11.3 Å². The lowest BCUT2D eigenvalue weighted by Crippen LogP contribution is -2.48. The van der Waals surface area contributed by atoms with Crippen molar-refractivity contribution in [3.63, 3.8) is 0 Å². The van der Waals surface area contributed by atoms with Crippen LogP contribution < -0.4 is 16.2 Å². The number of amides is 1. The molecule has 1 heterocycles. The Bertz CT molecular complexity index is 718. The highest BCUT2D eigenvalue weighted by atomic mass is 32.1. The number of benzene rings is 1. The Morgan fingerprint density at radius 2 is 2.00 bits per heavy atom. The molecule has 5 nitrogen and oxygen atoms in total. The third-order valence-corrected chi connectivity index (χ3v) is 5.44. The summed E-state index contributed by atoms with van der Waals surface area (Å²) in [6, 6.07) is 9.94. The Kier molecular flexibility index (Phi) is 9.21. The SMILES string of the molecule is CCCC[C@@H](CC)CNC(=S)NNC(=O)Cc1nc(-c2ccccc2)cs1. The van der Waals surface area contributed by atoms with E-state index in [1.807, 2.05) is 35.7 Å². The molecule has 3 N–H and O–H groups in total. The quantitative estimate of drug-likeness (QED) is 0.434. The molecule has 1 aromatic heterocycles. The van der Waals surface area contributed by atoms with Crippen molar-refractivity contribution in [1.82, 2.24) is 21.2 Å². The lowest BCUT2D eigenvalue weighted by Gasteiger charge is -2.17. The van der Waals surface area contributed by atoms with Crippen LogP contribution in [0.3, 0.4) is 0 Å². The molecular weight excluding hydrogens is 376 g/mol. The van der Waals surface area contributed by atoms with Gasteiger partial charge in [0.25, 0.3) is 0 Å². The lowest BCUT2D eigenvalue weighted by atomic mass is 9.99. The maximum absolute atomic E-state index is 12.1. The molecule has 7 heteroatoms. The number of hydrazine groups is 1. The van der Waals surface area contributed by atoms with Crippen molar-refractivity contribution in [3.8, 4) is 11.3 Å². The molecule has 27 heavy (non-hydrogen) atoms. The second-order valence-electron chi connectivity index (χ2n) is 6.47. The topological polar surface area (TPSA) is 66.0 Å². The number of thiazole rings is 1. The van der Waals surface area contributed by atoms with Crippen LogP contribution in [0.2, 0.25) is 0 Å². The van der Waals surface area contributed by atoms with Crippen LogP contribution in [0.15, 0.2) is 35.7 Å². The molecule has 2 rings (SSSR count). The van der Waals surface area contributed by atoms with Crippen molar-refractivity contribution in [2.24, 2.45) is 5.92 Å². The van der Waals surface area contributed by atoms with Crippen molar-refractivity contribution in [3.05, 3.63) is 40.7 Å². The molecule has 0 aliphatic rings. The fraction of sp³-hybridized carbons (Fsp3) is 0.450. The van der Waals surface area contributed by atoms with Crippen molar-refractivity contribution in [2.45, 2.75) is 46.0 Å². The van der Waals surface area contributed by atoms with Crippen LogP contribution in [0.1, 0.15) is 44.5 Å². The van der Waals surface area contributed by atoms with E-state index in [1.54, 1.807) is 0 Å². The van der Waals surface area contributed by atoms with E-state index in [0.717, 1.165) is 29.2 Å². The Balaban J connectivity index is 1.71. The van der Waals surface area contributed by atoms with E-state index in [9.17, 15) is 4.79 Å². The van der Waals surface area contributed by atoms with Gasteiger partial charge in [0.2, 0.25) is 5.91 Å². The average molecular weight is 405 g/mol. The monoisotopic (exact) mass is 404 g/mol. The fourth-order valence-electron chi connectivity index (χ4n) is 2.67. The van der Waals surface area contributed by atoms with Crippen LogP contribution in [0.25, 0.3) is 11.3 Å². The van der Waals surface area contributed by atoms with Crippen molar-refractivity contribution < 1.29 is 4.79 Å². The van der Waals surface area contributed by atoms with Gasteiger partial charge in [0.1, 0.15) is 5.01 Å². The number of hydrogen-bond acceptors (Lipinski definition) is 4. The molecule has 1 amide bonds. The summed E-state index contributed by atoms with van der Waals surface area (Å²) in [7, 11) is 0. The molecule has 2 aromatic rings. The van der Waals surface area contributed by atoms with Crippen LogP contribution in [0, 0.1) is 5.92 Å². The zero-order chi connectivity index (χ0) is 19.5. The molecule has 146 valence electrons. The van der Waals surface area contributed by atoms with Gasteiger partial charge in [-0.25, -0.2) is 4.98 Å². The third kappa shape index (κ3) is 7.64. The molecule has 0 aliphatic heterocycles. The van der Waals surface area contributed by atoms with Crippen LogP contribution in [-0.2, 0) is 11.2 Å². The van der Waals surface area contributed by atoms with E-state index in [2.05, 4.69) is 35.0 Å². The smallest absolute Gasteiger partial charge is 0.245 e. The Morgan fingerprint density at radius 3 is 2.70 bits per heavy atom. The van der Waals surface area contributed by atoms with Gasteiger partial charge in [-0.05, 0) is 24.6 Å². The summed E-state index contributed by atoms with van der Waals surface area (Å²) in [6.07, 6.45) is 4.98. The summed E-state index contributed by atoms with van der Waals surface area (Å²) >= 11 is 6.72. The van der Waals surface area contributed by atoms with Crippen LogP contribution in [0.5, 0.6) is 0 Å². The molecule has 0 bridgehead atoms. The lowest BCUT2D eigenvalue weighted by molar-refractivity contribution is -0.121. The van der Waals surface area contributed by atoms with Gasteiger partial charge in [-0.1, -0.05) is 63.4 Å². The van der Waals surface area contributed by atoms with Gasteiger partial charge in [0.05, 0.1) is 12.1 Å². The second kappa shape index (κ2) is 11.7. The minimum Gasteiger partial charge on any atom is -0.361 e. The van der Waals surface area contributed by atoms with E-state index >= 15 is 0 Å². The normalized spacial score (nSPS) is 11.6. The number of thiocarbonyl (C=S) groups is 1. The zero-order valence-electron chi connectivity index (χ0n) is 16.0. The van der Waals surface area contributed by atoms with Gasteiger partial charge in [0.15, 0.2) is 5.11 Å². The number of aromatic nitrogens is 1. The minimum absolute atomic E-state index is 0.161. The second-order valence-corrected chi connectivity index (χ2v) is 7.82. The first kappa shape index (κ1) is 21.3. The Morgan fingerprint density at radius 1 is 1.22 bits per heavy atom. The van der Waals surface area contributed by atoms with Gasteiger partial charge in [0, 0.05) is 17.5 Å². The first-order chi connectivity index (χ1) is 13.1. The van der Waals surface area contributed by atoms with Crippen LogP contribution in [-0.4, -0.2) is 22.5 Å². The summed E-state index contributed by atoms with van der Waals surface area (Å²) in [5, 5.41) is 6.37. The summed E-state index contributed by atoms with van der Waals surface area (Å²) in [4.78, 5) is 16.6. The van der Waals surface area contributed by atoms with Crippen molar-refractivity contribution in [2.75, 3.05) is 6.54 Å². The standard InChI is InChI=1S/C20H28N4OS2/c1-3-5-9-15(4-2)13-21-20(26)24-23-18(25)12-19-22-17(14-27-19)16-10-7-6-8-11-16/h6-8,10-11,14-15H,3-5,9,12-13H2,1-2H3,(H,23,25)(H2,21,24,26)/t15-/m1/s1. The number of rotatable bonds is 9. The molecule has 0 fully saturated rings. The summed E-state index contributed by atoms with van der Waals surface area (Å²) in [5.74, 6) is 0.443. The third-order valence-electron chi connectivity index (χ3n) is 4.34. The molecular formula is C20H28N4OS2. The summed E-state index contributed by atoms with van der Waals surface area (Å²) in [5.41, 5.74) is 7.36. The molecule has 0 saturated carbocycles. The largest absolute Gasteiger partial charge is 0.361 e. The molecule has 0 unspecified atom stereocenters. The van der Waals surface area contributed by atoms with E-state index in [0.29, 0.717) is 11.0 Å². The Hall–Kier alpha value is -1.99. The predicted molar refractivity (Wildman–Crippen MR) is 116 cm³/mol. The van der Waals surface area contributed by atoms with Crippen molar-refractivity contribution >= 4 is 34.6 Å². The number of nitrogens with one attached hydrogen (secondary N) is 3. The van der Waals surface area contributed by atoms with Crippen LogP contribution in [0.4, 0.5) is 0 Å². The maximum atomic E-state index is 12.1. The molecule has 0 radical (unpaired) electrons. The van der Waals surface area contributed by atoms with Gasteiger partial charge < -0.3 is 5.32 Å². The minimum atomic E-state index is -0.161. The Labute approximate surface area is 171 Å². The number of nitrogens with zero attached hydrogens (tertiary/aromatic N) is 1. The molecule has 1 aromatic carbocycles. The number of carbonyl (C=O) groups is 1. The van der Waals surface area contributed by atoms with Gasteiger partial charge in [-0.2, -0.15) is 0 Å². The van der Waals surface area contributed by atoms with E-state index < -0.39 is 0 Å². The van der Waals surface area contributed by atoms with E-state index in [1.165, 1.54) is 30.6 Å².